The summed E-state index contributed by atoms with van der Waals surface area (Å²) in [7, 11) is 0. The fraction of sp³-hybridized carbons (Fsp3) is 0.368. The van der Waals surface area contributed by atoms with Gasteiger partial charge in [0, 0.05) is 0 Å². The first-order chi connectivity index (χ1) is 19.1. The van der Waals surface area contributed by atoms with Crippen LogP contribution in [0.5, 0.6) is 0 Å². The van der Waals surface area contributed by atoms with E-state index < -0.39 is 23.2 Å². The predicted octanol–water partition coefficient (Wildman–Crippen LogP) is 4.56. The number of aryl methyl sites for hydroxylation is 1. The SMILES string of the molecule is Cc1cc2c(c(C)c1C)C(C)c1c3c(c4ccccc4c1-2)C(C)C(C)C(C)[C]3(C)[Zr+2][C]1=C(c2ccoc2)C=CC1.[Cl-].[Cl-]. The average molecular weight is 675 g/mol. The van der Waals surface area contributed by atoms with E-state index in [1.165, 1.54) is 49.7 Å². The molecule has 216 valence electrons. The van der Waals surface area contributed by atoms with Gasteiger partial charge in [0.2, 0.25) is 0 Å². The maximum Gasteiger partial charge on any atom is -1.00 e. The van der Waals surface area contributed by atoms with Gasteiger partial charge in [-0.2, -0.15) is 0 Å². The molecule has 0 radical (unpaired) electrons. The first-order valence-corrected chi connectivity index (χ1v) is 17.5. The first-order valence-electron chi connectivity index (χ1n) is 15.1. The van der Waals surface area contributed by atoms with Crippen LogP contribution in [0.1, 0.15) is 97.4 Å². The van der Waals surface area contributed by atoms with Crippen LogP contribution in [0, 0.1) is 32.6 Å². The summed E-state index contributed by atoms with van der Waals surface area (Å²) in [5.41, 5.74) is 16.7. The summed E-state index contributed by atoms with van der Waals surface area (Å²) >= 11 is -1.07. The fourth-order valence-electron chi connectivity index (χ4n) is 8.50. The van der Waals surface area contributed by atoms with Crippen LogP contribution in [0.2, 0.25) is 0 Å². The Labute approximate surface area is 275 Å². The van der Waals surface area contributed by atoms with Crippen molar-refractivity contribution in [2.75, 3.05) is 0 Å². The molecular formula is C38H40Cl2OZr. The number of fused-ring (bicyclic) bond motifs is 8. The van der Waals surface area contributed by atoms with Crippen LogP contribution in [0.4, 0.5) is 0 Å². The molecular weight excluding hydrogens is 635 g/mol. The van der Waals surface area contributed by atoms with E-state index >= 15 is 0 Å². The monoisotopic (exact) mass is 672 g/mol. The number of halogens is 2. The van der Waals surface area contributed by atoms with E-state index in [1.54, 1.807) is 25.5 Å². The molecule has 7 rings (SSSR count). The minimum Gasteiger partial charge on any atom is -1.00 e. The minimum absolute atomic E-state index is 0. The van der Waals surface area contributed by atoms with Gasteiger partial charge in [-0.3, -0.25) is 0 Å². The van der Waals surface area contributed by atoms with E-state index in [1.807, 2.05) is 12.5 Å². The molecule has 5 unspecified atom stereocenters. The topological polar surface area (TPSA) is 13.1 Å². The molecule has 0 amide bonds. The third-order valence-electron chi connectivity index (χ3n) is 11.3. The molecule has 4 aromatic rings. The Bertz CT molecular complexity index is 1760. The zero-order chi connectivity index (χ0) is 28.1. The maximum absolute atomic E-state index is 5.54. The summed E-state index contributed by atoms with van der Waals surface area (Å²) in [6.45, 7) is 19.8. The third kappa shape index (κ3) is 4.26. The average Bonchev–Trinajstić information content (AvgIpc) is 3.69. The van der Waals surface area contributed by atoms with Crippen LogP contribution >= 0.6 is 0 Å². The van der Waals surface area contributed by atoms with Crippen LogP contribution in [0.15, 0.2) is 68.8 Å². The standard InChI is InChI=1S/C29H33.C9H7O.2ClH.Zr/c1-14-13-24-25(18(5)15(14)2)21(8)28-27-20(7)17(4)16(3)19(6)26(27)22-11-9-10-12-23(22)29(24)28;1-2-4-8(3-1)9-5-6-10-7-9;;;/h9-13,16-17,19,21H,1-8H3;1,3,5-7H,2H2;2*1H;/q;;;;+2/p-2. The van der Waals surface area contributed by atoms with Gasteiger partial charge in [-0.15, -0.1) is 0 Å². The van der Waals surface area contributed by atoms with Crippen molar-refractivity contribution in [2.24, 2.45) is 11.8 Å². The Morgan fingerprint density at radius 2 is 1.60 bits per heavy atom. The molecule has 42 heavy (non-hydrogen) atoms. The molecule has 3 aliphatic rings. The van der Waals surface area contributed by atoms with E-state index in [0.29, 0.717) is 23.7 Å². The molecule has 1 nitrogen and oxygen atoms in total. The third-order valence-corrected chi connectivity index (χ3v) is 16.2. The molecule has 0 fully saturated rings. The quantitative estimate of drug-likeness (QED) is 0.311. The van der Waals surface area contributed by atoms with E-state index in [0.717, 1.165) is 6.42 Å². The fourth-order valence-corrected chi connectivity index (χ4v) is 13.7. The van der Waals surface area contributed by atoms with Gasteiger partial charge in [0.05, 0.1) is 0 Å². The van der Waals surface area contributed by atoms with Gasteiger partial charge in [0.1, 0.15) is 0 Å². The van der Waals surface area contributed by atoms with Crippen molar-refractivity contribution in [1.82, 2.24) is 0 Å². The van der Waals surface area contributed by atoms with Gasteiger partial charge in [0.25, 0.3) is 0 Å². The largest absolute Gasteiger partial charge is 1.00 e. The molecule has 0 spiro atoms. The van der Waals surface area contributed by atoms with Gasteiger partial charge < -0.3 is 24.8 Å². The number of rotatable bonds is 3. The first kappa shape index (κ1) is 31.6. The van der Waals surface area contributed by atoms with E-state index in [-0.39, 0.29) is 27.9 Å². The number of hydrogen-bond acceptors (Lipinski definition) is 1. The maximum atomic E-state index is 5.54. The van der Waals surface area contributed by atoms with E-state index in [9.17, 15) is 0 Å². The molecule has 3 aromatic carbocycles. The molecule has 1 aromatic heterocycles. The molecule has 4 heteroatoms. The van der Waals surface area contributed by atoms with Gasteiger partial charge >= 0.3 is 253 Å². The summed E-state index contributed by atoms with van der Waals surface area (Å²) in [4.78, 5) is 0. The number of hydrogen-bond donors (Lipinski definition) is 0. The van der Waals surface area contributed by atoms with E-state index in [4.69, 9.17) is 4.42 Å². The molecule has 0 aliphatic heterocycles. The predicted molar refractivity (Wildman–Crippen MR) is 165 cm³/mol. The summed E-state index contributed by atoms with van der Waals surface area (Å²) in [5.74, 6) is 2.22. The van der Waals surface area contributed by atoms with Crippen LogP contribution in [-0.2, 0) is 26.4 Å². The van der Waals surface area contributed by atoms with Gasteiger partial charge in [-0.1, -0.05) is 0 Å². The van der Waals surface area contributed by atoms with Crippen molar-refractivity contribution in [2.45, 2.75) is 76.8 Å². The van der Waals surface area contributed by atoms with Crippen molar-refractivity contribution in [1.29, 1.82) is 0 Å². The van der Waals surface area contributed by atoms with Crippen LogP contribution in [0.25, 0.3) is 27.5 Å². The Hall–Kier alpha value is -1.86. The zero-order valence-corrected chi connectivity index (χ0v) is 29.9. The molecule has 0 saturated heterocycles. The minimum atomic E-state index is -1.07. The smallest absolute Gasteiger partial charge is 1.00 e. The Kier molecular flexibility index (Phi) is 8.46. The Balaban J connectivity index is 0.00000176. The van der Waals surface area contributed by atoms with Crippen molar-refractivity contribution >= 4 is 16.3 Å². The second kappa shape index (κ2) is 11.3. The molecule has 0 N–H and O–H groups in total. The van der Waals surface area contributed by atoms with E-state index in [2.05, 4.69) is 104 Å². The van der Waals surface area contributed by atoms with Crippen LogP contribution in [0.3, 0.4) is 0 Å². The van der Waals surface area contributed by atoms with Crippen molar-refractivity contribution < 1.29 is 52.5 Å². The van der Waals surface area contributed by atoms with Crippen molar-refractivity contribution in [3.63, 3.8) is 0 Å². The summed E-state index contributed by atoms with van der Waals surface area (Å²) in [6.07, 6.45) is 9.62. The van der Waals surface area contributed by atoms with Gasteiger partial charge in [-0.05, 0) is 0 Å². The summed E-state index contributed by atoms with van der Waals surface area (Å²) in [6, 6.07) is 14.0. The number of allylic oxidation sites excluding steroid dienone is 4. The van der Waals surface area contributed by atoms with Crippen molar-refractivity contribution in [3.8, 4) is 11.1 Å². The summed E-state index contributed by atoms with van der Waals surface area (Å²) < 4.78 is 7.46. The molecule has 5 atom stereocenters. The molecule has 3 aliphatic carbocycles. The van der Waals surface area contributed by atoms with Gasteiger partial charge in [-0.25, -0.2) is 0 Å². The molecule has 0 bridgehead atoms. The summed E-state index contributed by atoms with van der Waals surface area (Å²) in [5, 5.41) is 2.96. The second-order valence-electron chi connectivity index (χ2n) is 13.0. The Morgan fingerprint density at radius 3 is 2.29 bits per heavy atom. The van der Waals surface area contributed by atoms with Crippen LogP contribution < -0.4 is 24.8 Å². The van der Waals surface area contributed by atoms with Crippen LogP contribution in [-0.4, -0.2) is 0 Å². The number of furan rings is 1. The molecule has 0 saturated carbocycles. The second-order valence-corrected chi connectivity index (χ2v) is 17.7. The van der Waals surface area contributed by atoms with Crippen molar-refractivity contribution in [3.05, 3.63) is 109 Å². The zero-order valence-electron chi connectivity index (χ0n) is 26.0. The Morgan fingerprint density at radius 1 is 0.881 bits per heavy atom. The van der Waals surface area contributed by atoms with Gasteiger partial charge in [0.15, 0.2) is 0 Å². The number of benzene rings is 3. The molecule has 1 heterocycles. The normalized spacial score (nSPS) is 25.4.